The van der Waals surface area contributed by atoms with E-state index in [0.29, 0.717) is 23.7 Å². The molecule has 1 unspecified atom stereocenters. The first-order chi connectivity index (χ1) is 9.42. The summed E-state index contributed by atoms with van der Waals surface area (Å²) >= 11 is 7.91. The van der Waals surface area contributed by atoms with Crippen molar-refractivity contribution in [1.29, 1.82) is 0 Å². The zero-order valence-corrected chi connectivity index (χ0v) is 13.9. The van der Waals surface area contributed by atoms with E-state index in [1.807, 2.05) is 6.92 Å². The Morgan fingerprint density at radius 3 is 2.70 bits per heavy atom. The highest BCUT2D eigenvalue weighted by atomic mass is 127. The van der Waals surface area contributed by atoms with Crippen LogP contribution in [-0.2, 0) is 4.79 Å². The van der Waals surface area contributed by atoms with Crippen LogP contribution in [0.4, 0.5) is 10.5 Å². The van der Waals surface area contributed by atoms with Crippen molar-refractivity contribution < 1.29 is 14.7 Å². The van der Waals surface area contributed by atoms with E-state index in [0.717, 1.165) is 3.57 Å². The number of amides is 2. The van der Waals surface area contributed by atoms with E-state index in [9.17, 15) is 9.59 Å². The van der Waals surface area contributed by atoms with Crippen molar-refractivity contribution >= 4 is 51.9 Å². The monoisotopic (exact) mass is 410 g/mol. The number of aliphatic carboxylic acids is 1. The Hall–Kier alpha value is -1.02. The number of benzene rings is 1. The fourth-order valence-corrected chi connectivity index (χ4v) is 2.61. The van der Waals surface area contributed by atoms with Gasteiger partial charge in [0.1, 0.15) is 0 Å². The minimum Gasteiger partial charge on any atom is -0.481 e. The van der Waals surface area contributed by atoms with Crippen LogP contribution < -0.4 is 10.6 Å². The van der Waals surface area contributed by atoms with Gasteiger partial charge in [-0.2, -0.15) is 0 Å². The van der Waals surface area contributed by atoms with Crippen molar-refractivity contribution in [3.8, 4) is 0 Å². The molecule has 0 aliphatic rings. The molecule has 0 aliphatic carbocycles. The zero-order chi connectivity index (χ0) is 15.1. The van der Waals surface area contributed by atoms with Crippen LogP contribution in [0.1, 0.15) is 19.8 Å². The second kappa shape index (κ2) is 8.31. The lowest BCUT2D eigenvalue weighted by Gasteiger charge is -2.14. The molecule has 0 saturated carbocycles. The molecular formula is C13H16ClIN2O3. The number of carbonyl (C=O) groups excluding carboxylic acids is 1. The number of nitrogens with one attached hydrogen (secondary N) is 2. The van der Waals surface area contributed by atoms with E-state index in [1.165, 1.54) is 0 Å². The summed E-state index contributed by atoms with van der Waals surface area (Å²) in [6.07, 6.45) is 0.750. The second-order valence-electron chi connectivity index (χ2n) is 4.33. The van der Waals surface area contributed by atoms with Crippen molar-refractivity contribution in [3.05, 3.63) is 26.8 Å². The first-order valence-corrected chi connectivity index (χ1v) is 7.59. The molecule has 0 aliphatic heterocycles. The molecule has 0 heterocycles. The standard InChI is InChI=1S/C13H16ClIN2O3/c1-2-8(5-12(18)19)7-16-13(20)17-11-4-3-9(14)6-10(11)15/h3-4,6,8H,2,5,7H2,1H3,(H,18,19)(H2,16,17,20). The Morgan fingerprint density at radius 1 is 1.45 bits per heavy atom. The summed E-state index contributed by atoms with van der Waals surface area (Å²) in [5, 5.41) is 14.7. The van der Waals surface area contributed by atoms with Crippen LogP contribution in [0, 0.1) is 9.49 Å². The number of carboxylic acid groups (broad SMARTS) is 1. The van der Waals surface area contributed by atoms with Gasteiger partial charge in [0.2, 0.25) is 0 Å². The molecule has 2 amide bonds. The number of carboxylic acids is 1. The Kier molecular flexibility index (Phi) is 7.08. The molecule has 1 aromatic rings. The number of rotatable bonds is 6. The molecule has 7 heteroatoms. The molecule has 0 aromatic heterocycles. The maximum atomic E-state index is 11.7. The lowest BCUT2D eigenvalue weighted by atomic mass is 10.0. The van der Waals surface area contributed by atoms with Gasteiger partial charge in [-0.3, -0.25) is 4.79 Å². The number of halogens is 2. The van der Waals surface area contributed by atoms with E-state index in [4.69, 9.17) is 16.7 Å². The summed E-state index contributed by atoms with van der Waals surface area (Å²) < 4.78 is 0.836. The minimum atomic E-state index is -0.855. The highest BCUT2D eigenvalue weighted by molar-refractivity contribution is 14.1. The summed E-state index contributed by atoms with van der Waals surface area (Å²) in [5.74, 6) is -0.922. The van der Waals surface area contributed by atoms with E-state index >= 15 is 0 Å². The Bertz CT molecular complexity index is 497. The third kappa shape index (κ3) is 5.96. The van der Waals surface area contributed by atoms with Crippen molar-refractivity contribution in [1.82, 2.24) is 5.32 Å². The van der Waals surface area contributed by atoms with Gasteiger partial charge in [0.05, 0.1) is 5.69 Å². The quantitative estimate of drug-likeness (QED) is 0.627. The number of anilines is 1. The predicted octanol–water partition coefficient (Wildman–Crippen LogP) is 3.57. The summed E-state index contributed by atoms with van der Waals surface area (Å²) in [4.78, 5) is 22.4. The molecule has 1 aromatic carbocycles. The fourth-order valence-electron chi connectivity index (χ4n) is 1.60. The highest BCUT2D eigenvalue weighted by Crippen LogP contribution is 2.22. The van der Waals surface area contributed by atoms with Crippen molar-refractivity contribution in [2.75, 3.05) is 11.9 Å². The van der Waals surface area contributed by atoms with E-state index in [2.05, 4.69) is 33.2 Å². The summed E-state index contributed by atoms with van der Waals surface area (Å²) in [7, 11) is 0. The van der Waals surface area contributed by atoms with E-state index < -0.39 is 5.97 Å². The van der Waals surface area contributed by atoms with Crippen molar-refractivity contribution in [3.63, 3.8) is 0 Å². The van der Waals surface area contributed by atoms with Gasteiger partial charge in [-0.15, -0.1) is 0 Å². The molecule has 5 nitrogen and oxygen atoms in total. The van der Waals surface area contributed by atoms with E-state index in [1.54, 1.807) is 18.2 Å². The summed E-state index contributed by atoms with van der Waals surface area (Å²) in [6, 6.07) is 4.81. The second-order valence-corrected chi connectivity index (χ2v) is 5.93. The maximum Gasteiger partial charge on any atom is 0.319 e. The van der Waals surface area contributed by atoms with Crippen LogP contribution >= 0.6 is 34.2 Å². The van der Waals surface area contributed by atoms with Gasteiger partial charge in [-0.1, -0.05) is 24.9 Å². The van der Waals surface area contributed by atoms with Gasteiger partial charge < -0.3 is 15.7 Å². The molecule has 3 N–H and O–H groups in total. The molecule has 0 spiro atoms. The van der Waals surface area contributed by atoms with Crippen LogP contribution in [0.5, 0.6) is 0 Å². The average molecular weight is 411 g/mol. The van der Waals surface area contributed by atoms with Gasteiger partial charge >= 0.3 is 12.0 Å². The number of hydrogen-bond donors (Lipinski definition) is 3. The molecule has 0 fully saturated rings. The fraction of sp³-hybridized carbons (Fsp3) is 0.385. The van der Waals surface area contributed by atoms with Crippen LogP contribution in [0.15, 0.2) is 18.2 Å². The molecule has 110 valence electrons. The first kappa shape index (κ1) is 17.0. The number of carbonyl (C=O) groups is 2. The van der Waals surface area contributed by atoms with Crippen molar-refractivity contribution in [2.24, 2.45) is 5.92 Å². The van der Waals surface area contributed by atoms with Gasteiger partial charge in [0, 0.05) is 21.6 Å². The summed E-state index contributed by atoms with van der Waals surface area (Å²) in [5.41, 5.74) is 0.666. The molecule has 0 radical (unpaired) electrons. The number of hydrogen-bond acceptors (Lipinski definition) is 2. The molecule has 0 bridgehead atoms. The van der Waals surface area contributed by atoms with Crippen LogP contribution in [0.25, 0.3) is 0 Å². The molecule has 20 heavy (non-hydrogen) atoms. The third-order valence-corrected chi connectivity index (χ3v) is 3.90. The van der Waals surface area contributed by atoms with Gasteiger partial charge in [-0.25, -0.2) is 4.79 Å². The normalized spacial score (nSPS) is 11.8. The summed E-state index contributed by atoms with van der Waals surface area (Å²) in [6.45, 7) is 2.23. The third-order valence-electron chi connectivity index (χ3n) is 2.77. The Labute approximate surface area is 136 Å². The largest absolute Gasteiger partial charge is 0.481 e. The molecule has 0 saturated heterocycles. The molecule has 1 rings (SSSR count). The van der Waals surface area contributed by atoms with Gasteiger partial charge in [-0.05, 0) is 46.7 Å². The van der Waals surface area contributed by atoms with Gasteiger partial charge in [0.15, 0.2) is 0 Å². The minimum absolute atomic E-state index is 0.0509. The van der Waals surface area contributed by atoms with Gasteiger partial charge in [0.25, 0.3) is 0 Å². The van der Waals surface area contributed by atoms with E-state index in [-0.39, 0.29) is 18.4 Å². The Balaban J connectivity index is 2.49. The average Bonchev–Trinajstić information content (AvgIpc) is 2.37. The maximum absolute atomic E-state index is 11.7. The highest BCUT2D eigenvalue weighted by Gasteiger charge is 2.13. The smallest absolute Gasteiger partial charge is 0.319 e. The topological polar surface area (TPSA) is 78.4 Å². The molecule has 1 atom stereocenters. The Morgan fingerprint density at radius 2 is 2.15 bits per heavy atom. The first-order valence-electron chi connectivity index (χ1n) is 6.14. The van der Waals surface area contributed by atoms with Crippen LogP contribution in [0.2, 0.25) is 5.02 Å². The lowest BCUT2D eigenvalue weighted by molar-refractivity contribution is -0.138. The lowest BCUT2D eigenvalue weighted by Crippen LogP contribution is -2.33. The molecular weight excluding hydrogens is 395 g/mol. The zero-order valence-electron chi connectivity index (χ0n) is 11.0. The SMILES string of the molecule is CCC(CNC(=O)Nc1ccc(Cl)cc1I)CC(=O)O. The van der Waals surface area contributed by atoms with Crippen LogP contribution in [0.3, 0.4) is 0 Å². The predicted molar refractivity (Wildman–Crippen MR) is 87.2 cm³/mol. The van der Waals surface area contributed by atoms with Crippen LogP contribution in [-0.4, -0.2) is 23.7 Å². The van der Waals surface area contributed by atoms with Crippen molar-refractivity contribution in [2.45, 2.75) is 19.8 Å². The number of urea groups is 1.